The van der Waals surface area contributed by atoms with Gasteiger partial charge in [-0.05, 0) is 45.3 Å². The SMILES string of the molecule is CCOc1ccc(-c2cc3[nH]c(CN(C)C)nc3c(C#N)n2)cc1C(F)(F)F. The molecule has 0 aliphatic rings. The zero-order valence-corrected chi connectivity index (χ0v) is 15.6. The summed E-state index contributed by atoms with van der Waals surface area (Å²) in [6.45, 7) is 2.26. The van der Waals surface area contributed by atoms with Gasteiger partial charge in [-0.15, -0.1) is 0 Å². The standard InChI is InChI=1S/C19H18F3N5O/c1-4-28-16-6-5-11(7-12(16)19(20,21)22)13-8-14-18(15(9-23)24-13)26-17(25-14)10-27(2)3/h5-8H,4,10H2,1-3H3,(H,25,26). The van der Waals surface area contributed by atoms with E-state index in [1.54, 1.807) is 13.0 Å². The first-order valence-electron chi connectivity index (χ1n) is 8.51. The highest BCUT2D eigenvalue weighted by atomic mass is 19.4. The molecule has 2 heterocycles. The van der Waals surface area contributed by atoms with E-state index in [1.165, 1.54) is 12.1 Å². The van der Waals surface area contributed by atoms with Crippen LogP contribution in [0.5, 0.6) is 5.75 Å². The highest BCUT2D eigenvalue weighted by molar-refractivity contribution is 5.84. The molecule has 0 amide bonds. The molecule has 6 nitrogen and oxygen atoms in total. The van der Waals surface area contributed by atoms with Crippen molar-refractivity contribution < 1.29 is 17.9 Å². The molecule has 0 bridgehead atoms. The number of pyridine rings is 1. The van der Waals surface area contributed by atoms with Gasteiger partial charge >= 0.3 is 6.18 Å². The summed E-state index contributed by atoms with van der Waals surface area (Å²) in [6.07, 6.45) is -4.57. The Bertz CT molecular complexity index is 1050. The monoisotopic (exact) mass is 389 g/mol. The zero-order chi connectivity index (χ0) is 20.5. The van der Waals surface area contributed by atoms with E-state index in [9.17, 15) is 18.4 Å². The Morgan fingerprint density at radius 3 is 2.57 bits per heavy atom. The van der Waals surface area contributed by atoms with Crippen molar-refractivity contribution >= 4 is 11.0 Å². The van der Waals surface area contributed by atoms with Gasteiger partial charge in [-0.3, -0.25) is 0 Å². The molecule has 0 saturated heterocycles. The Hall–Kier alpha value is -3.12. The van der Waals surface area contributed by atoms with E-state index in [-0.39, 0.29) is 29.3 Å². The van der Waals surface area contributed by atoms with Crippen LogP contribution in [-0.4, -0.2) is 40.6 Å². The molecular weight excluding hydrogens is 371 g/mol. The molecule has 0 saturated carbocycles. The lowest BCUT2D eigenvalue weighted by atomic mass is 10.1. The van der Waals surface area contributed by atoms with Gasteiger partial charge in [0.25, 0.3) is 0 Å². The first kappa shape index (κ1) is 19.6. The number of alkyl halides is 3. The van der Waals surface area contributed by atoms with Crippen LogP contribution >= 0.6 is 0 Å². The van der Waals surface area contributed by atoms with E-state index in [0.29, 0.717) is 23.4 Å². The molecule has 0 aliphatic carbocycles. The summed E-state index contributed by atoms with van der Waals surface area (Å²) in [7, 11) is 3.75. The number of H-pyrrole nitrogens is 1. The maximum atomic E-state index is 13.4. The fourth-order valence-corrected chi connectivity index (χ4v) is 2.86. The molecule has 0 atom stereocenters. The largest absolute Gasteiger partial charge is 0.493 e. The number of halogens is 3. The van der Waals surface area contributed by atoms with Crippen LogP contribution in [0.15, 0.2) is 24.3 Å². The van der Waals surface area contributed by atoms with E-state index < -0.39 is 11.7 Å². The Kier molecular flexibility index (Phi) is 5.25. The van der Waals surface area contributed by atoms with Gasteiger partial charge in [-0.2, -0.15) is 18.4 Å². The van der Waals surface area contributed by atoms with Crippen molar-refractivity contribution in [1.29, 1.82) is 5.26 Å². The van der Waals surface area contributed by atoms with Crippen molar-refractivity contribution in [2.24, 2.45) is 0 Å². The number of hydrogen-bond donors (Lipinski definition) is 1. The molecule has 0 aliphatic heterocycles. The van der Waals surface area contributed by atoms with E-state index in [1.807, 2.05) is 25.1 Å². The van der Waals surface area contributed by atoms with Gasteiger partial charge in [-0.25, -0.2) is 9.97 Å². The highest BCUT2D eigenvalue weighted by Gasteiger charge is 2.35. The average Bonchev–Trinajstić information content (AvgIpc) is 3.02. The first-order chi connectivity index (χ1) is 13.2. The molecule has 146 valence electrons. The molecule has 0 radical (unpaired) electrons. The first-order valence-corrected chi connectivity index (χ1v) is 8.51. The second-order valence-electron chi connectivity index (χ2n) is 6.43. The van der Waals surface area contributed by atoms with Gasteiger partial charge in [0.05, 0.1) is 29.9 Å². The number of hydrogen-bond acceptors (Lipinski definition) is 5. The van der Waals surface area contributed by atoms with Gasteiger partial charge in [0, 0.05) is 5.56 Å². The fraction of sp³-hybridized carbons (Fsp3) is 0.316. The summed E-state index contributed by atoms with van der Waals surface area (Å²) in [6, 6.07) is 7.31. The van der Waals surface area contributed by atoms with Crippen LogP contribution in [0.2, 0.25) is 0 Å². The number of aromatic nitrogens is 3. The van der Waals surface area contributed by atoms with Crippen molar-refractivity contribution in [2.45, 2.75) is 19.6 Å². The van der Waals surface area contributed by atoms with Crippen LogP contribution in [0.3, 0.4) is 0 Å². The van der Waals surface area contributed by atoms with Crippen molar-refractivity contribution in [2.75, 3.05) is 20.7 Å². The van der Waals surface area contributed by atoms with Crippen molar-refractivity contribution in [3.8, 4) is 23.1 Å². The van der Waals surface area contributed by atoms with Crippen LogP contribution in [0.4, 0.5) is 13.2 Å². The van der Waals surface area contributed by atoms with Crippen LogP contribution < -0.4 is 4.74 Å². The minimum atomic E-state index is -4.57. The third-order valence-corrected chi connectivity index (χ3v) is 3.97. The van der Waals surface area contributed by atoms with E-state index in [0.717, 1.165) is 6.07 Å². The van der Waals surface area contributed by atoms with Gasteiger partial charge in [-0.1, -0.05) is 0 Å². The molecule has 0 spiro atoms. The minimum Gasteiger partial charge on any atom is -0.493 e. The van der Waals surface area contributed by atoms with Crippen molar-refractivity contribution in [1.82, 2.24) is 19.9 Å². The number of imidazole rings is 1. The van der Waals surface area contributed by atoms with Crippen LogP contribution in [0, 0.1) is 11.3 Å². The molecule has 0 fully saturated rings. The van der Waals surface area contributed by atoms with Gasteiger partial charge in [0.2, 0.25) is 0 Å². The third kappa shape index (κ3) is 3.92. The maximum absolute atomic E-state index is 13.4. The normalized spacial score (nSPS) is 11.8. The Morgan fingerprint density at radius 1 is 1.21 bits per heavy atom. The lowest BCUT2D eigenvalue weighted by Gasteiger charge is -2.14. The van der Waals surface area contributed by atoms with Crippen LogP contribution in [-0.2, 0) is 12.7 Å². The van der Waals surface area contributed by atoms with Crippen molar-refractivity contribution in [3.63, 3.8) is 0 Å². The highest BCUT2D eigenvalue weighted by Crippen LogP contribution is 2.39. The molecule has 3 rings (SSSR count). The van der Waals surface area contributed by atoms with Crippen LogP contribution in [0.1, 0.15) is 24.0 Å². The van der Waals surface area contributed by atoms with E-state index >= 15 is 0 Å². The molecule has 1 aromatic carbocycles. The average molecular weight is 389 g/mol. The smallest absolute Gasteiger partial charge is 0.419 e. The molecule has 9 heteroatoms. The quantitative estimate of drug-likeness (QED) is 0.714. The number of nitrogens with zero attached hydrogens (tertiary/aromatic N) is 4. The Morgan fingerprint density at radius 2 is 1.96 bits per heavy atom. The van der Waals surface area contributed by atoms with Gasteiger partial charge in [0.1, 0.15) is 23.2 Å². The molecule has 1 N–H and O–H groups in total. The number of benzene rings is 1. The predicted octanol–water partition coefficient (Wildman–Crippen LogP) is 3.98. The lowest BCUT2D eigenvalue weighted by Crippen LogP contribution is -2.11. The second-order valence-corrected chi connectivity index (χ2v) is 6.43. The second kappa shape index (κ2) is 7.48. The Balaban J connectivity index is 2.14. The minimum absolute atomic E-state index is 0.0520. The summed E-state index contributed by atoms with van der Waals surface area (Å²) in [4.78, 5) is 13.6. The fourth-order valence-electron chi connectivity index (χ4n) is 2.86. The van der Waals surface area contributed by atoms with Gasteiger partial charge < -0.3 is 14.6 Å². The summed E-state index contributed by atoms with van der Waals surface area (Å²) < 4.78 is 45.3. The van der Waals surface area contributed by atoms with E-state index in [4.69, 9.17) is 4.74 Å². The van der Waals surface area contributed by atoms with Crippen LogP contribution in [0.25, 0.3) is 22.3 Å². The summed E-state index contributed by atoms with van der Waals surface area (Å²) >= 11 is 0. The number of aromatic amines is 1. The molecule has 3 aromatic rings. The number of nitriles is 1. The number of rotatable bonds is 5. The lowest BCUT2D eigenvalue weighted by molar-refractivity contribution is -0.138. The Labute approximate surface area is 159 Å². The molecular formula is C19H18F3N5O. The predicted molar refractivity (Wildman–Crippen MR) is 97.6 cm³/mol. The summed E-state index contributed by atoms with van der Waals surface area (Å²) in [5.41, 5.74) is 0.586. The summed E-state index contributed by atoms with van der Waals surface area (Å²) in [5, 5.41) is 9.42. The third-order valence-electron chi connectivity index (χ3n) is 3.97. The van der Waals surface area contributed by atoms with E-state index in [2.05, 4.69) is 15.0 Å². The number of ether oxygens (including phenoxy) is 1. The molecule has 28 heavy (non-hydrogen) atoms. The molecule has 2 aromatic heterocycles. The van der Waals surface area contributed by atoms with Gasteiger partial charge in [0.15, 0.2) is 5.69 Å². The number of nitrogens with one attached hydrogen (secondary N) is 1. The zero-order valence-electron chi connectivity index (χ0n) is 15.6. The summed E-state index contributed by atoms with van der Waals surface area (Å²) in [5.74, 6) is 0.397. The molecule has 0 unspecified atom stereocenters. The topological polar surface area (TPSA) is 77.8 Å². The number of fused-ring (bicyclic) bond motifs is 1. The maximum Gasteiger partial charge on any atom is 0.419 e. The van der Waals surface area contributed by atoms with Crippen molar-refractivity contribution in [3.05, 3.63) is 41.3 Å².